The van der Waals surface area contributed by atoms with Gasteiger partial charge in [0.1, 0.15) is 18.0 Å². The minimum absolute atomic E-state index is 0.113. The number of aliphatic carboxylic acids is 1. The first kappa shape index (κ1) is 17.9. The van der Waals surface area contributed by atoms with Crippen molar-refractivity contribution in [3.8, 4) is 11.5 Å². The normalized spacial score (nSPS) is 17.5. The zero-order chi connectivity index (χ0) is 17.9. The van der Waals surface area contributed by atoms with Crippen LogP contribution in [0.1, 0.15) is 19.4 Å². The number of amides is 2. The third-order valence-corrected chi connectivity index (χ3v) is 4.25. The lowest BCUT2D eigenvalue weighted by atomic mass is 10.0. The molecule has 132 valence electrons. The molecular formula is C17H24N2O5. The monoisotopic (exact) mass is 336 g/mol. The average molecular weight is 336 g/mol. The maximum atomic E-state index is 12.6. The van der Waals surface area contributed by atoms with E-state index >= 15 is 0 Å². The number of hydrogen-bond donors (Lipinski definition) is 1. The van der Waals surface area contributed by atoms with E-state index in [1.807, 2.05) is 26.0 Å². The van der Waals surface area contributed by atoms with Crippen molar-refractivity contribution in [1.82, 2.24) is 9.80 Å². The SMILES string of the molecule is COc1ccc(CN2C[C@H](C(C)C)N(CC(=O)O)C2=O)c(OC)c1. The van der Waals surface area contributed by atoms with E-state index in [0.717, 1.165) is 5.56 Å². The number of hydrogen-bond acceptors (Lipinski definition) is 4. The number of benzene rings is 1. The molecular weight excluding hydrogens is 312 g/mol. The molecule has 0 spiro atoms. The summed E-state index contributed by atoms with van der Waals surface area (Å²) in [5.41, 5.74) is 0.853. The van der Waals surface area contributed by atoms with Crippen molar-refractivity contribution in [3.05, 3.63) is 23.8 Å². The highest BCUT2D eigenvalue weighted by atomic mass is 16.5. The van der Waals surface area contributed by atoms with Gasteiger partial charge < -0.3 is 24.4 Å². The average Bonchev–Trinajstić information content (AvgIpc) is 2.84. The van der Waals surface area contributed by atoms with Gasteiger partial charge in [-0.05, 0) is 18.1 Å². The van der Waals surface area contributed by atoms with Crippen molar-refractivity contribution in [3.63, 3.8) is 0 Å². The van der Waals surface area contributed by atoms with Gasteiger partial charge in [-0.15, -0.1) is 0 Å². The lowest BCUT2D eigenvalue weighted by molar-refractivity contribution is -0.138. The predicted molar refractivity (Wildman–Crippen MR) is 88.3 cm³/mol. The van der Waals surface area contributed by atoms with Crippen molar-refractivity contribution in [2.75, 3.05) is 27.3 Å². The zero-order valence-electron chi connectivity index (χ0n) is 14.5. The minimum Gasteiger partial charge on any atom is -0.497 e. The van der Waals surface area contributed by atoms with Crippen LogP contribution < -0.4 is 9.47 Å². The molecule has 1 saturated heterocycles. The fraction of sp³-hybridized carbons (Fsp3) is 0.529. The van der Waals surface area contributed by atoms with Gasteiger partial charge in [-0.25, -0.2) is 4.79 Å². The lowest BCUT2D eigenvalue weighted by Crippen LogP contribution is -2.41. The molecule has 2 rings (SSSR count). The van der Waals surface area contributed by atoms with Crippen LogP contribution in [0.15, 0.2) is 18.2 Å². The Labute approximate surface area is 141 Å². The highest BCUT2D eigenvalue weighted by Gasteiger charge is 2.39. The number of urea groups is 1. The van der Waals surface area contributed by atoms with E-state index in [9.17, 15) is 9.59 Å². The molecule has 1 N–H and O–H groups in total. The lowest BCUT2D eigenvalue weighted by Gasteiger charge is -2.23. The number of ether oxygens (including phenoxy) is 2. The molecule has 1 aliphatic rings. The van der Waals surface area contributed by atoms with Crippen molar-refractivity contribution >= 4 is 12.0 Å². The zero-order valence-corrected chi connectivity index (χ0v) is 14.5. The van der Waals surface area contributed by atoms with Crippen LogP contribution in [0.4, 0.5) is 4.79 Å². The Kier molecular flexibility index (Phi) is 5.54. The molecule has 7 heteroatoms. The van der Waals surface area contributed by atoms with Crippen LogP contribution in [0.25, 0.3) is 0 Å². The summed E-state index contributed by atoms with van der Waals surface area (Å²) in [6, 6.07) is 5.07. The first-order valence-electron chi connectivity index (χ1n) is 7.85. The number of carboxylic acids is 1. The van der Waals surface area contributed by atoms with Crippen LogP contribution in [0, 0.1) is 5.92 Å². The largest absolute Gasteiger partial charge is 0.497 e. The molecule has 24 heavy (non-hydrogen) atoms. The number of nitrogens with zero attached hydrogens (tertiary/aromatic N) is 2. The summed E-state index contributed by atoms with van der Waals surface area (Å²) in [5, 5.41) is 9.06. The van der Waals surface area contributed by atoms with E-state index in [1.165, 1.54) is 4.90 Å². The summed E-state index contributed by atoms with van der Waals surface area (Å²) in [6.45, 7) is 4.57. The van der Waals surface area contributed by atoms with Crippen LogP contribution in [0.3, 0.4) is 0 Å². The van der Waals surface area contributed by atoms with Gasteiger partial charge in [0, 0.05) is 18.2 Å². The molecule has 0 bridgehead atoms. The van der Waals surface area contributed by atoms with Crippen molar-refractivity contribution in [2.45, 2.75) is 26.4 Å². The van der Waals surface area contributed by atoms with E-state index < -0.39 is 5.97 Å². The molecule has 1 heterocycles. The van der Waals surface area contributed by atoms with Gasteiger partial charge >= 0.3 is 12.0 Å². The molecule has 7 nitrogen and oxygen atoms in total. The molecule has 1 fully saturated rings. The molecule has 2 amide bonds. The van der Waals surface area contributed by atoms with Crippen LogP contribution in [-0.4, -0.2) is 60.3 Å². The summed E-state index contributed by atoms with van der Waals surface area (Å²) in [5.74, 6) is 0.491. The Balaban J connectivity index is 2.21. The summed E-state index contributed by atoms with van der Waals surface area (Å²) >= 11 is 0. The third kappa shape index (κ3) is 3.72. The van der Waals surface area contributed by atoms with E-state index in [4.69, 9.17) is 14.6 Å². The Hall–Kier alpha value is -2.44. The fourth-order valence-corrected chi connectivity index (χ4v) is 2.95. The second-order valence-corrected chi connectivity index (χ2v) is 6.17. The molecule has 1 aromatic carbocycles. The number of carbonyl (C=O) groups excluding carboxylic acids is 1. The van der Waals surface area contributed by atoms with Crippen molar-refractivity contribution < 1.29 is 24.2 Å². The summed E-state index contributed by atoms with van der Waals surface area (Å²) in [6.07, 6.45) is 0. The van der Waals surface area contributed by atoms with Gasteiger partial charge in [-0.3, -0.25) is 4.79 Å². The smallest absolute Gasteiger partial charge is 0.323 e. The Morgan fingerprint density at radius 1 is 1.33 bits per heavy atom. The standard InChI is InChI=1S/C17H24N2O5/c1-11(2)14-9-18(17(22)19(14)10-16(20)21)8-12-5-6-13(23-3)7-15(12)24-4/h5-7,11,14H,8-10H2,1-4H3,(H,20,21)/t14-/m1/s1. The Morgan fingerprint density at radius 2 is 2.04 bits per heavy atom. The first-order chi connectivity index (χ1) is 11.4. The van der Waals surface area contributed by atoms with Crippen molar-refractivity contribution in [2.24, 2.45) is 5.92 Å². The molecule has 1 aromatic rings. The van der Waals surface area contributed by atoms with Crippen molar-refractivity contribution in [1.29, 1.82) is 0 Å². The quantitative estimate of drug-likeness (QED) is 0.824. The molecule has 0 aromatic heterocycles. The number of methoxy groups -OCH3 is 2. The molecule has 1 atom stereocenters. The van der Waals surface area contributed by atoms with Gasteiger partial charge in [-0.2, -0.15) is 0 Å². The highest BCUT2D eigenvalue weighted by molar-refractivity contribution is 5.82. The number of carbonyl (C=O) groups is 2. The van der Waals surface area contributed by atoms with Crippen LogP contribution in [0.2, 0.25) is 0 Å². The van der Waals surface area contributed by atoms with Crippen LogP contribution in [0.5, 0.6) is 11.5 Å². The van der Waals surface area contributed by atoms with Gasteiger partial charge in [0.05, 0.1) is 26.8 Å². The molecule has 0 saturated carbocycles. The first-order valence-corrected chi connectivity index (χ1v) is 7.85. The van der Waals surface area contributed by atoms with Gasteiger partial charge in [-0.1, -0.05) is 13.8 Å². The predicted octanol–water partition coefficient (Wildman–Crippen LogP) is 2.05. The number of rotatable bonds is 7. The van der Waals surface area contributed by atoms with Crippen LogP contribution >= 0.6 is 0 Å². The third-order valence-electron chi connectivity index (χ3n) is 4.25. The van der Waals surface area contributed by atoms with E-state index in [1.54, 1.807) is 25.2 Å². The van der Waals surface area contributed by atoms with E-state index in [2.05, 4.69) is 0 Å². The Morgan fingerprint density at radius 3 is 2.58 bits per heavy atom. The second kappa shape index (κ2) is 7.42. The van der Waals surface area contributed by atoms with E-state index in [-0.39, 0.29) is 24.5 Å². The maximum Gasteiger partial charge on any atom is 0.323 e. The molecule has 0 unspecified atom stereocenters. The molecule has 0 aliphatic carbocycles. The minimum atomic E-state index is -1.00. The second-order valence-electron chi connectivity index (χ2n) is 6.17. The van der Waals surface area contributed by atoms with Gasteiger partial charge in [0.2, 0.25) is 0 Å². The maximum absolute atomic E-state index is 12.6. The Bertz CT molecular complexity index is 617. The van der Waals surface area contributed by atoms with Gasteiger partial charge in [0.15, 0.2) is 0 Å². The van der Waals surface area contributed by atoms with E-state index in [0.29, 0.717) is 24.6 Å². The summed E-state index contributed by atoms with van der Waals surface area (Å²) in [4.78, 5) is 26.8. The number of carboxylic acid groups (broad SMARTS) is 1. The summed E-state index contributed by atoms with van der Waals surface area (Å²) in [7, 11) is 3.15. The molecule has 1 aliphatic heterocycles. The van der Waals surface area contributed by atoms with Gasteiger partial charge in [0.25, 0.3) is 0 Å². The topological polar surface area (TPSA) is 79.3 Å². The van der Waals surface area contributed by atoms with Crippen LogP contribution in [-0.2, 0) is 11.3 Å². The fourth-order valence-electron chi connectivity index (χ4n) is 2.95. The summed E-state index contributed by atoms with van der Waals surface area (Å²) < 4.78 is 10.6. The highest BCUT2D eigenvalue weighted by Crippen LogP contribution is 2.29. The molecule has 0 radical (unpaired) electrons.